The highest BCUT2D eigenvalue weighted by molar-refractivity contribution is 6.43. The first-order valence-electron chi connectivity index (χ1n) is 13.8. The van der Waals surface area contributed by atoms with E-state index in [4.69, 9.17) is 23.2 Å². The van der Waals surface area contributed by atoms with Crippen LogP contribution in [0.4, 0.5) is 8.78 Å². The van der Waals surface area contributed by atoms with Crippen molar-refractivity contribution in [3.63, 3.8) is 0 Å². The fraction of sp³-hybridized carbons (Fsp3) is 0.433. The van der Waals surface area contributed by atoms with Crippen LogP contribution in [0, 0.1) is 0 Å². The van der Waals surface area contributed by atoms with Crippen LogP contribution in [0.5, 0.6) is 0 Å². The molecule has 6 rings (SSSR count). The van der Waals surface area contributed by atoms with Crippen molar-refractivity contribution in [3.05, 3.63) is 74.8 Å². The summed E-state index contributed by atoms with van der Waals surface area (Å²) in [7, 11) is 0. The second-order valence-corrected chi connectivity index (χ2v) is 12.0. The summed E-state index contributed by atoms with van der Waals surface area (Å²) >= 11 is 12.5. The third kappa shape index (κ3) is 5.52. The van der Waals surface area contributed by atoms with Gasteiger partial charge >= 0.3 is 0 Å². The van der Waals surface area contributed by atoms with Crippen LogP contribution in [0.25, 0.3) is 5.57 Å². The number of halogens is 4. The number of piperidine rings is 2. The maximum absolute atomic E-state index is 15.5. The Morgan fingerprint density at radius 2 is 1.83 bits per heavy atom. The van der Waals surface area contributed by atoms with E-state index in [9.17, 15) is 14.4 Å². The molecule has 11 heteroatoms. The summed E-state index contributed by atoms with van der Waals surface area (Å²) in [5, 5.41) is 3.27. The zero-order chi connectivity index (χ0) is 28.9. The molecule has 216 valence electrons. The number of carbonyl (C=O) groups is 3. The number of imide groups is 1. The fourth-order valence-electron chi connectivity index (χ4n) is 6.53. The van der Waals surface area contributed by atoms with E-state index >= 15 is 8.78 Å². The molecule has 41 heavy (non-hydrogen) atoms. The zero-order valence-electron chi connectivity index (χ0n) is 22.3. The van der Waals surface area contributed by atoms with Crippen molar-refractivity contribution < 1.29 is 23.2 Å². The van der Waals surface area contributed by atoms with E-state index in [1.807, 2.05) is 29.2 Å². The van der Waals surface area contributed by atoms with Crippen LogP contribution < -0.4 is 5.32 Å². The number of nitrogens with one attached hydrogen (secondary N) is 1. The third-order valence-electron chi connectivity index (χ3n) is 8.61. The minimum absolute atomic E-state index is 0.192. The molecule has 0 saturated carbocycles. The average molecular weight is 603 g/mol. The average Bonchev–Trinajstić information content (AvgIpc) is 3.25. The van der Waals surface area contributed by atoms with Crippen LogP contribution in [-0.2, 0) is 22.7 Å². The van der Waals surface area contributed by atoms with Gasteiger partial charge in [0.1, 0.15) is 6.04 Å². The molecule has 7 nitrogen and oxygen atoms in total. The molecule has 4 aliphatic heterocycles. The van der Waals surface area contributed by atoms with Crippen molar-refractivity contribution in [2.45, 2.75) is 56.8 Å². The summed E-state index contributed by atoms with van der Waals surface area (Å²) in [5.41, 5.74) is 4.02. The van der Waals surface area contributed by atoms with Gasteiger partial charge in [0.2, 0.25) is 11.8 Å². The Hall–Kier alpha value is -2.85. The molecule has 2 fully saturated rings. The van der Waals surface area contributed by atoms with E-state index in [1.165, 1.54) is 4.90 Å². The number of alkyl halides is 2. The molecule has 3 amide bonds. The molecule has 2 unspecified atom stereocenters. The highest BCUT2D eigenvalue weighted by Crippen LogP contribution is 2.37. The van der Waals surface area contributed by atoms with Crippen LogP contribution in [0.15, 0.2) is 42.5 Å². The topological polar surface area (TPSA) is 73.0 Å². The Morgan fingerprint density at radius 3 is 2.56 bits per heavy atom. The Kier molecular flexibility index (Phi) is 7.65. The van der Waals surface area contributed by atoms with Crippen molar-refractivity contribution in [3.8, 4) is 0 Å². The zero-order valence-corrected chi connectivity index (χ0v) is 23.9. The van der Waals surface area contributed by atoms with E-state index in [-0.39, 0.29) is 31.3 Å². The molecule has 2 aromatic rings. The number of likely N-dealkylation sites (tertiary alicyclic amines) is 1. The lowest BCUT2D eigenvalue weighted by molar-refractivity contribution is -0.136. The van der Waals surface area contributed by atoms with Gasteiger partial charge in [-0.1, -0.05) is 53.5 Å². The third-order valence-corrected chi connectivity index (χ3v) is 9.43. The van der Waals surface area contributed by atoms with Gasteiger partial charge in [-0.2, -0.15) is 0 Å². The van der Waals surface area contributed by atoms with E-state index in [0.717, 1.165) is 22.3 Å². The summed E-state index contributed by atoms with van der Waals surface area (Å²) in [4.78, 5) is 41.9. The SMILES string of the molecule is O=C1CCC(N2Cc3cc(CN4CCC(N5CC=C(c6cccc(Cl)c6Cl)CC5)C(F)(F)C4)ccc3C2=O)C(=O)N1. The standard InChI is InChI=1S/C30H30Cl2F2N4O3/c31-23-3-1-2-21(27(23)32)19-8-12-37(13-9-19)25-10-11-36(17-30(25,33)34)15-18-4-5-22-20(14-18)16-38(29(22)41)24-6-7-26(39)35-28(24)40/h1-5,8,14,24-25H,6-7,9-13,15-17H2,(H,35,39,40). The summed E-state index contributed by atoms with van der Waals surface area (Å²) < 4.78 is 31.0. The molecule has 0 spiro atoms. The molecule has 0 aromatic heterocycles. The number of carbonyl (C=O) groups excluding carboxylic acids is 3. The van der Waals surface area contributed by atoms with Crippen LogP contribution in [-0.4, -0.2) is 76.6 Å². The molecule has 0 radical (unpaired) electrons. The van der Waals surface area contributed by atoms with Crippen LogP contribution in [0.3, 0.4) is 0 Å². The number of rotatable bonds is 5. The maximum Gasteiger partial charge on any atom is 0.275 e. The van der Waals surface area contributed by atoms with E-state index in [2.05, 4.69) is 5.32 Å². The number of hydrogen-bond acceptors (Lipinski definition) is 5. The van der Waals surface area contributed by atoms with Gasteiger partial charge in [0, 0.05) is 44.7 Å². The molecule has 2 aromatic carbocycles. The second-order valence-electron chi connectivity index (χ2n) is 11.2. The molecule has 2 atom stereocenters. The molecule has 0 bridgehead atoms. The number of hydrogen-bond donors (Lipinski definition) is 1. The summed E-state index contributed by atoms with van der Waals surface area (Å²) in [6, 6.07) is 9.35. The van der Waals surface area contributed by atoms with Gasteiger partial charge in [-0.3, -0.25) is 29.5 Å². The van der Waals surface area contributed by atoms with Crippen molar-refractivity contribution in [2.75, 3.05) is 26.2 Å². The Labute approximate surface area is 247 Å². The molecular formula is C30H30Cl2F2N4O3. The lowest BCUT2D eigenvalue weighted by Crippen LogP contribution is -2.58. The number of benzene rings is 2. The maximum atomic E-state index is 15.5. The van der Waals surface area contributed by atoms with E-state index < -0.39 is 23.9 Å². The molecule has 2 saturated heterocycles. The predicted octanol–water partition coefficient (Wildman–Crippen LogP) is 4.75. The normalized spacial score (nSPS) is 25.2. The van der Waals surface area contributed by atoms with Crippen molar-refractivity contribution in [1.29, 1.82) is 0 Å². The van der Waals surface area contributed by atoms with Crippen molar-refractivity contribution in [1.82, 2.24) is 20.0 Å². The monoisotopic (exact) mass is 602 g/mol. The molecule has 4 aliphatic rings. The molecule has 1 N–H and O–H groups in total. The first-order valence-corrected chi connectivity index (χ1v) is 14.6. The largest absolute Gasteiger partial charge is 0.322 e. The summed E-state index contributed by atoms with van der Waals surface area (Å²) in [6.07, 6.45) is 3.44. The number of nitrogens with zero attached hydrogens (tertiary/aromatic N) is 3. The Balaban J connectivity index is 1.08. The van der Waals surface area contributed by atoms with Crippen LogP contribution in [0.2, 0.25) is 10.0 Å². The van der Waals surface area contributed by atoms with E-state index in [1.54, 1.807) is 23.1 Å². The van der Waals surface area contributed by atoms with Gasteiger partial charge in [-0.05, 0) is 53.7 Å². The van der Waals surface area contributed by atoms with Gasteiger partial charge in [0.15, 0.2) is 0 Å². The number of fused-ring (bicyclic) bond motifs is 1. The minimum Gasteiger partial charge on any atom is -0.322 e. The number of amides is 3. The molecular weight excluding hydrogens is 573 g/mol. The van der Waals surface area contributed by atoms with Gasteiger partial charge in [-0.25, -0.2) is 8.78 Å². The quantitative estimate of drug-likeness (QED) is 0.500. The van der Waals surface area contributed by atoms with Gasteiger partial charge < -0.3 is 4.90 Å². The van der Waals surface area contributed by atoms with Crippen LogP contribution >= 0.6 is 23.2 Å². The lowest BCUT2D eigenvalue weighted by atomic mass is 9.94. The van der Waals surface area contributed by atoms with Crippen LogP contribution in [0.1, 0.15) is 52.7 Å². The first kappa shape index (κ1) is 28.3. The van der Waals surface area contributed by atoms with Crippen molar-refractivity contribution >= 4 is 46.5 Å². The molecule has 4 heterocycles. The van der Waals surface area contributed by atoms with E-state index in [0.29, 0.717) is 61.1 Å². The molecule has 0 aliphatic carbocycles. The van der Waals surface area contributed by atoms with Crippen molar-refractivity contribution in [2.24, 2.45) is 0 Å². The minimum atomic E-state index is -2.88. The fourth-order valence-corrected chi connectivity index (χ4v) is 6.95. The summed E-state index contributed by atoms with van der Waals surface area (Å²) in [5.74, 6) is -3.92. The lowest BCUT2D eigenvalue weighted by Gasteiger charge is -2.44. The highest BCUT2D eigenvalue weighted by Gasteiger charge is 2.47. The second kappa shape index (κ2) is 11.1. The Morgan fingerprint density at radius 1 is 1.00 bits per heavy atom. The predicted molar refractivity (Wildman–Crippen MR) is 152 cm³/mol. The Bertz CT molecular complexity index is 1450. The van der Waals surface area contributed by atoms with Gasteiger partial charge in [-0.15, -0.1) is 0 Å². The summed E-state index contributed by atoms with van der Waals surface area (Å²) in [6.45, 7) is 1.75. The van der Waals surface area contributed by atoms with Gasteiger partial charge in [0.05, 0.1) is 22.6 Å². The smallest absolute Gasteiger partial charge is 0.275 e. The highest BCUT2D eigenvalue weighted by atomic mass is 35.5. The van der Waals surface area contributed by atoms with Gasteiger partial charge in [0.25, 0.3) is 11.8 Å². The first-order chi connectivity index (χ1) is 19.6.